The maximum absolute atomic E-state index is 12.4. The molecule has 2 aliphatic heterocycles. The molecule has 0 bridgehead atoms. The quantitative estimate of drug-likeness (QED) is 0.830. The van der Waals surface area contributed by atoms with E-state index in [1.807, 2.05) is 42.6 Å². The monoisotopic (exact) mass is 367 g/mol. The van der Waals surface area contributed by atoms with E-state index in [1.54, 1.807) is 11.1 Å². The summed E-state index contributed by atoms with van der Waals surface area (Å²) in [4.78, 5) is 20.8. The van der Waals surface area contributed by atoms with Gasteiger partial charge in [-0.25, -0.2) is 4.79 Å². The zero-order valence-corrected chi connectivity index (χ0v) is 15.4. The first-order valence-electron chi connectivity index (χ1n) is 9.48. The van der Waals surface area contributed by atoms with Gasteiger partial charge in [0.1, 0.15) is 6.61 Å². The third-order valence-corrected chi connectivity index (χ3v) is 5.22. The third-order valence-electron chi connectivity index (χ3n) is 5.22. The summed E-state index contributed by atoms with van der Waals surface area (Å²) in [5.41, 5.74) is 2.20. The fourth-order valence-corrected chi connectivity index (χ4v) is 3.73. The molecule has 2 aromatic rings. The van der Waals surface area contributed by atoms with Gasteiger partial charge in [-0.05, 0) is 17.2 Å². The van der Waals surface area contributed by atoms with Crippen LogP contribution in [0.5, 0.6) is 0 Å². The van der Waals surface area contributed by atoms with Gasteiger partial charge in [0.15, 0.2) is 0 Å². The van der Waals surface area contributed by atoms with Crippen LogP contribution in [0.1, 0.15) is 11.1 Å². The lowest BCUT2D eigenvalue weighted by Crippen LogP contribution is -2.61. The van der Waals surface area contributed by atoms with Crippen molar-refractivity contribution >= 4 is 6.09 Å². The Balaban J connectivity index is 1.25. The summed E-state index contributed by atoms with van der Waals surface area (Å²) in [6, 6.07) is 14.1. The van der Waals surface area contributed by atoms with Crippen LogP contribution in [-0.2, 0) is 22.5 Å². The fraction of sp³-hybridized carbons (Fsp3) is 0.429. The summed E-state index contributed by atoms with van der Waals surface area (Å²) < 4.78 is 11.5. The first-order valence-corrected chi connectivity index (χ1v) is 9.48. The Morgan fingerprint density at radius 3 is 2.78 bits per heavy atom. The van der Waals surface area contributed by atoms with Crippen molar-refractivity contribution in [1.29, 1.82) is 0 Å². The molecule has 1 aromatic heterocycles. The lowest BCUT2D eigenvalue weighted by molar-refractivity contribution is -0.0855. The first kappa shape index (κ1) is 17.9. The highest BCUT2D eigenvalue weighted by Crippen LogP contribution is 2.20. The lowest BCUT2D eigenvalue weighted by Gasteiger charge is -2.45. The molecule has 0 saturated carbocycles. The summed E-state index contributed by atoms with van der Waals surface area (Å²) >= 11 is 0. The molecule has 0 aliphatic carbocycles. The Bertz CT molecular complexity index is 741. The topological polar surface area (TPSA) is 54.9 Å². The van der Waals surface area contributed by atoms with Crippen LogP contribution in [0.4, 0.5) is 4.79 Å². The SMILES string of the molecule is O=C(OCc1ccccc1)N1CCN2C[C@@H](Cc3cccnc3)OC[C@@H]2C1. The maximum atomic E-state index is 12.4. The molecule has 6 nitrogen and oxygen atoms in total. The van der Waals surface area contributed by atoms with Crippen LogP contribution in [0.15, 0.2) is 54.9 Å². The van der Waals surface area contributed by atoms with Crippen LogP contribution in [0.2, 0.25) is 0 Å². The van der Waals surface area contributed by atoms with Gasteiger partial charge >= 0.3 is 6.09 Å². The van der Waals surface area contributed by atoms with E-state index in [4.69, 9.17) is 9.47 Å². The molecular formula is C21H25N3O3. The number of carbonyl (C=O) groups excluding carboxylic acids is 1. The lowest BCUT2D eigenvalue weighted by atomic mass is 10.0. The standard InChI is InChI=1S/C21H25N3O3/c25-21(27-15-17-5-2-1-3-6-17)24-10-9-23-14-20(26-16-19(23)13-24)11-18-7-4-8-22-12-18/h1-8,12,19-20H,9-11,13-16H2/t19-,20+/m0/s1. The van der Waals surface area contributed by atoms with Crippen LogP contribution < -0.4 is 0 Å². The number of rotatable bonds is 4. The Hall–Kier alpha value is -2.44. The fourth-order valence-electron chi connectivity index (χ4n) is 3.73. The van der Waals surface area contributed by atoms with Crippen molar-refractivity contribution in [2.45, 2.75) is 25.2 Å². The number of fused-ring (bicyclic) bond motifs is 1. The molecule has 2 atom stereocenters. The minimum Gasteiger partial charge on any atom is -0.445 e. The minimum absolute atomic E-state index is 0.182. The molecule has 2 saturated heterocycles. The molecule has 6 heteroatoms. The number of piperazine rings is 1. The Labute approximate surface area is 159 Å². The van der Waals surface area contributed by atoms with Crippen LogP contribution in [0, 0.1) is 0 Å². The van der Waals surface area contributed by atoms with Crippen molar-refractivity contribution in [3.8, 4) is 0 Å². The van der Waals surface area contributed by atoms with Crippen molar-refractivity contribution in [3.05, 3.63) is 66.0 Å². The smallest absolute Gasteiger partial charge is 0.410 e. The van der Waals surface area contributed by atoms with Crippen molar-refractivity contribution in [2.24, 2.45) is 0 Å². The second-order valence-electron chi connectivity index (χ2n) is 7.16. The van der Waals surface area contributed by atoms with Crippen LogP contribution >= 0.6 is 0 Å². The van der Waals surface area contributed by atoms with E-state index < -0.39 is 0 Å². The highest BCUT2D eigenvalue weighted by atomic mass is 16.6. The van der Waals surface area contributed by atoms with Gasteiger partial charge < -0.3 is 14.4 Å². The summed E-state index contributed by atoms with van der Waals surface area (Å²) in [5.74, 6) is 0. The molecule has 0 radical (unpaired) electrons. The van der Waals surface area contributed by atoms with Crippen molar-refractivity contribution in [2.75, 3.05) is 32.8 Å². The molecule has 0 unspecified atom stereocenters. The molecule has 1 aromatic carbocycles. The molecule has 0 N–H and O–H groups in total. The number of benzene rings is 1. The van der Waals surface area contributed by atoms with Gasteiger partial charge in [-0.3, -0.25) is 9.88 Å². The zero-order chi connectivity index (χ0) is 18.5. The molecule has 27 heavy (non-hydrogen) atoms. The van der Waals surface area contributed by atoms with Gasteiger partial charge in [0.05, 0.1) is 18.8 Å². The number of nitrogens with zero attached hydrogens (tertiary/aromatic N) is 3. The molecule has 2 aliphatic rings. The molecule has 2 fully saturated rings. The number of hydrogen-bond acceptors (Lipinski definition) is 5. The maximum Gasteiger partial charge on any atom is 0.410 e. The molecule has 142 valence electrons. The van der Waals surface area contributed by atoms with E-state index in [9.17, 15) is 4.79 Å². The van der Waals surface area contributed by atoms with Gasteiger partial charge in [0, 0.05) is 45.0 Å². The number of morpholine rings is 1. The molecule has 4 rings (SSSR count). The van der Waals surface area contributed by atoms with E-state index in [0.29, 0.717) is 26.3 Å². The number of amides is 1. The van der Waals surface area contributed by atoms with Crippen molar-refractivity contribution in [3.63, 3.8) is 0 Å². The normalized spacial score (nSPS) is 22.9. The van der Waals surface area contributed by atoms with E-state index in [1.165, 1.54) is 5.56 Å². The second-order valence-corrected chi connectivity index (χ2v) is 7.16. The van der Waals surface area contributed by atoms with Crippen molar-refractivity contribution in [1.82, 2.24) is 14.8 Å². The number of ether oxygens (including phenoxy) is 2. The third kappa shape index (κ3) is 4.64. The average Bonchev–Trinajstić information content (AvgIpc) is 2.73. The summed E-state index contributed by atoms with van der Waals surface area (Å²) in [5, 5.41) is 0. The number of pyridine rings is 1. The predicted molar refractivity (Wildman–Crippen MR) is 101 cm³/mol. The summed E-state index contributed by atoms with van der Waals surface area (Å²) in [6.45, 7) is 4.07. The second kappa shape index (κ2) is 8.50. The van der Waals surface area contributed by atoms with Crippen molar-refractivity contribution < 1.29 is 14.3 Å². The average molecular weight is 367 g/mol. The molecule has 3 heterocycles. The first-order chi connectivity index (χ1) is 13.3. The number of carbonyl (C=O) groups is 1. The van der Waals surface area contributed by atoms with Gasteiger partial charge in [-0.15, -0.1) is 0 Å². The number of aromatic nitrogens is 1. The van der Waals surface area contributed by atoms with Gasteiger partial charge in [0.2, 0.25) is 0 Å². The minimum atomic E-state index is -0.240. The van der Waals surface area contributed by atoms with E-state index in [0.717, 1.165) is 25.1 Å². The Morgan fingerprint density at radius 1 is 1.11 bits per heavy atom. The molecular weight excluding hydrogens is 342 g/mol. The highest BCUT2D eigenvalue weighted by Gasteiger charge is 2.35. The predicted octanol–water partition coefficient (Wildman–Crippen LogP) is 2.35. The van der Waals surface area contributed by atoms with Gasteiger partial charge in [0.25, 0.3) is 0 Å². The summed E-state index contributed by atoms with van der Waals surface area (Å²) in [6.07, 6.45) is 4.51. The molecule has 0 spiro atoms. The summed E-state index contributed by atoms with van der Waals surface area (Å²) in [7, 11) is 0. The van der Waals surface area contributed by atoms with E-state index >= 15 is 0 Å². The van der Waals surface area contributed by atoms with E-state index in [-0.39, 0.29) is 18.2 Å². The Kier molecular flexibility index (Phi) is 5.65. The Morgan fingerprint density at radius 2 is 1.96 bits per heavy atom. The van der Waals surface area contributed by atoms with Crippen LogP contribution in [0.25, 0.3) is 0 Å². The van der Waals surface area contributed by atoms with Crippen LogP contribution in [0.3, 0.4) is 0 Å². The van der Waals surface area contributed by atoms with Gasteiger partial charge in [-0.2, -0.15) is 0 Å². The van der Waals surface area contributed by atoms with Gasteiger partial charge in [-0.1, -0.05) is 36.4 Å². The van der Waals surface area contributed by atoms with E-state index in [2.05, 4.69) is 16.0 Å². The highest BCUT2D eigenvalue weighted by molar-refractivity contribution is 5.67. The largest absolute Gasteiger partial charge is 0.445 e. The molecule has 1 amide bonds. The zero-order valence-electron chi connectivity index (χ0n) is 15.4. The van der Waals surface area contributed by atoms with Crippen LogP contribution in [-0.4, -0.2) is 65.8 Å². The number of hydrogen-bond donors (Lipinski definition) is 0.